The second-order valence-electron chi connectivity index (χ2n) is 5.88. The highest BCUT2D eigenvalue weighted by Gasteiger charge is 2.28. The van der Waals surface area contributed by atoms with Gasteiger partial charge in [0.15, 0.2) is 0 Å². The number of ether oxygens (including phenoxy) is 1. The second-order valence-corrected chi connectivity index (χ2v) is 5.88. The molecule has 0 saturated heterocycles. The lowest BCUT2D eigenvalue weighted by Gasteiger charge is -2.24. The quantitative estimate of drug-likeness (QED) is 0.838. The molecule has 4 heteroatoms. The van der Waals surface area contributed by atoms with E-state index in [1.807, 2.05) is 31.2 Å². The molecule has 116 valence electrons. The summed E-state index contributed by atoms with van der Waals surface area (Å²) >= 11 is 0. The lowest BCUT2D eigenvalue weighted by molar-refractivity contribution is -0.126. The Bertz CT molecular complexity index is 476. The molecule has 1 aromatic rings. The van der Waals surface area contributed by atoms with E-state index in [0.29, 0.717) is 0 Å². The van der Waals surface area contributed by atoms with E-state index in [2.05, 4.69) is 5.32 Å². The number of carbonyl (C=O) groups is 1. The maximum atomic E-state index is 12.5. The summed E-state index contributed by atoms with van der Waals surface area (Å²) < 4.78 is 5.36. The molecule has 0 heterocycles. The molecule has 1 aromatic carbocycles. The van der Waals surface area contributed by atoms with Crippen LogP contribution in [0.2, 0.25) is 0 Å². The number of carbonyl (C=O) groups excluding carboxylic acids is 1. The third-order valence-corrected chi connectivity index (χ3v) is 4.37. The highest BCUT2D eigenvalue weighted by Crippen LogP contribution is 2.26. The monoisotopic (exact) mass is 290 g/mol. The molecule has 1 amide bonds. The molecule has 4 nitrogen and oxygen atoms in total. The smallest absolute Gasteiger partial charge is 0.225 e. The lowest BCUT2D eigenvalue weighted by Crippen LogP contribution is -2.42. The standard InChI is InChI=1S/C17H26N2O2/c1-12(13-8-6-7-11-16(13)21-2)19-17(20)14-9-4-3-5-10-15(14)18/h6-8,11-12,14-15H,3-5,9-10,18H2,1-2H3,(H,19,20)/t12-,14?,15?/m0/s1. The second kappa shape index (κ2) is 7.46. The van der Waals surface area contributed by atoms with Crippen LogP contribution in [0.3, 0.4) is 0 Å². The molecule has 21 heavy (non-hydrogen) atoms. The Balaban J connectivity index is 2.04. The van der Waals surface area contributed by atoms with Gasteiger partial charge in [-0.15, -0.1) is 0 Å². The van der Waals surface area contributed by atoms with Crippen LogP contribution in [0.1, 0.15) is 50.6 Å². The van der Waals surface area contributed by atoms with Gasteiger partial charge < -0.3 is 15.8 Å². The minimum Gasteiger partial charge on any atom is -0.496 e. The van der Waals surface area contributed by atoms with Crippen molar-refractivity contribution in [2.75, 3.05) is 7.11 Å². The Hall–Kier alpha value is -1.55. The SMILES string of the molecule is COc1ccccc1[C@H](C)NC(=O)C1CCCCCC1N. The number of amides is 1. The van der Waals surface area contributed by atoms with Gasteiger partial charge in [-0.05, 0) is 25.8 Å². The minimum atomic E-state index is -0.0795. The van der Waals surface area contributed by atoms with E-state index in [-0.39, 0.29) is 23.9 Å². The Morgan fingerprint density at radius 1 is 1.29 bits per heavy atom. The number of rotatable bonds is 4. The molecule has 3 N–H and O–H groups in total. The van der Waals surface area contributed by atoms with Gasteiger partial charge in [0.25, 0.3) is 0 Å². The van der Waals surface area contributed by atoms with Crippen molar-refractivity contribution in [2.24, 2.45) is 11.7 Å². The summed E-state index contributed by atoms with van der Waals surface area (Å²) in [6.07, 6.45) is 5.24. The Morgan fingerprint density at radius 2 is 2.00 bits per heavy atom. The van der Waals surface area contributed by atoms with Gasteiger partial charge in [-0.3, -0.25) is 4.79 Å². The van der Waals surface area contributed by atoms with Gasteiger partial charge in [0.05, 0.1) is 19.1 Å². The van der Waals surface area contributed by atoms with E-state index < -0.39 is 0 Å². The minimum absolute atomic E-state index is 0.0163. The van der Waals surface area contributed by atoms with Crippen LogP contribution < -0.4 is 15.8 Å². The van der Waals surface area contributed by atoms with Gasteiger partial charge >= 0.3 is 0 Å². The van der Waals surface area contributed by atoms with Crippen molar-refractivity contribution in [3.63, 3.8) is 0 Å². The third kappa shape index (κ3) is 3.97. The first-order valence-electron chi connectivity index (χ1n) is 7.82. The van der Waals surface area contributed by atoms with Gasteiger partial charge in [-0.25, -0.2) is 0 Å². The molecule has 1 aliphatic rings. The first-order valence-corrected chi connectivity index (χ1v) is 7.82. The summed E-state index contributed by atoms with van der Waals surface area (Å²) in [5.41, 5.74) is 7.16. The Labute approximate surface area is 127 Å². The number of nitrogens with two attached hydrogens (primary N) is 1. The number of methoxy groups -OCH3 is 1. The zero-order valence-corrected chi connectivity index (χ0v) is 13.0. The average Bonchev–Trinajstić information content (AvgIpc) is 2.71. The number of nitrogens with one attached hydrogen (secondary N) is 1. The van der Waals surface area contributed by atoms with Crippen LogP contribution >= 0.6 is 0 Å². The van der Waals surface area contributed by atoms with Crippen molar-refractivity contribution in [1.82, 2.24) is 5.32 Å². The van der Waals surface area contributed by atoms with E-state index in [4.69, 9.17) is 10.5 Å². The molecular weight excluding hydrogens is 264 g/mol. The lowest BCUT2D eigenvalue weighted by atomic mass is 9.94. The molecule has 0 radical (unpaired) electrons. The molecule has 0 aromatic heterocycles. The summed E-state index contributed by atoms with van der Waals surface area (Å²) in [6.45, 7) is 1.98. The highest BCUT2D eigenvalue weighted by atomic mass is 16.5. The van der Waals surface area contributed by atoms with Crippen molar-refractivity contribution >= 4 is 5.91 Å². The number of benzene rings is 1. The predicted molar refractivity (Wildman–Crippen MR) is 84.1 cm³/mol. The third-order valence-electron chi connectivity index (χ3n) is 4.37. The van der Waals surface area contributed by atoms with Crippen molar-refractivity contribution in [1.29, 1.82) is 0 Å². The number of para-hydroxylation sites is 1. The maximum Gasteiger partial charge on any atom is 0.225 e. The normalized spacial score (nSPS) is 24.0. The first kappa shape index (κ1) is 15.8. The molecule has 0 spiro atoms. The van der Waals surface area contributed by atoms with Crippen LogP contribution in [0.25, 0.3) is 0 Å². The van der Waals surface area contributed by atoms with Crippen molar-refractivity contribution in [3.05, 3.63) is 29.8 Å². The van der Waals surface area contributed by atoms with E-state index in [9.17, 15) is 4.79 Å². The molecule has 1 fully saturated rings. The number of hydrogen-bond donors (Lipinski definition) is 2. The van der Waals surface area contributed by atoms with Crippen LogP contribution in [0.15, 0.2) is 24.3 Å². The van der Waals surface area contributed by atoms with Crippen molar-refractivity contribution in [3.8, 4) is 5.75 Å². The van der Waals surface area contributed by atoms with Crippen molar-refractivity contribution in [2.45, 2.75) is 51.1 Å². The first-order chi connectivity index (χ1) is 10.1. The summed E-state index contributed by atoms with van der Waals surface area (Å²) in [6, 6.07) is 7.68. The summed E-state index contributed by atoms with van der Waals surface area (Å²) in [4.78, 5) is 12.5. The predicted octanol–water partition coefficient (Wildman–Crippen LogP) is 2.78. The Morgan fingerprint density at radius 3 is 2.76 bits per heavy atom. The summed E-state index contributed by atoms with van der Waals surface area (Å²) in [7, 11) is 1.65. The zero-order chi connectivity index (χ0) is 15.2. The fourth-order valence-corrected chi connectivity index (χ4v) is 3.08. The van der Waals surface area contributed by atoms with Crippen molar-refractivity contribution < 1.29 is 9.53 Å². The van der Waals surface area contributed by atoms with Crippen LogP contribution in [0.4, 0.5) is 0 Å². The van der Waals surface area contributed by atoms with Crippen LogP contribution in [0, 0.1) is 5.92 Å². The molecule has 0 bridgehead atoms. The highest BCUT2D eigenvalue weighted by molar-refractivity contribution is 5.80. The maximum absolute atomic E-state index is 12.5. The van der Waals surface area contributed by atoms with Gasteiger partial charge in [-0.2, -0.15) is 0 Å². The van der Waals surface area contributed by atoms with Crippen LogP contribution in [-0.4, -0.2) is 19.1 Å². The van der Waals surface area contributed by atoms with Gasteiger partial charge in [-0.1, -0.05) is 37.5 Å². The van der Waals surface area contributed by atoms with Gasteiger partial charge in [0.1, 0.15) is 5.75 Å². The van der Waals surface area contributed by atoms with Gasteiger partial charge in [0.2, 0.25) is 5.91 Å². The molecule has 1 saturated carbocycles. The molecular formula is C17H26N2O2. The Kier molecular flexibility index (Phi) is 5.62. The molecule has 0 aliphatic heterocycles. The largest absolute Gasteiger partial charge is 0.496 e. The molecule has 3 atom stereocenters. The van der Waals surface area contributed by atoms with Crippen LogP contribution in [-0.2, 0) is 4.79 Å². The fourth-order valence-electron chi connectivity index (χ4n) is 3.08. The topological polar surface area (TPSA) is 64.3 Å². The summed E-state index contributed by atoms with van der Waals surface area (Å²) in [5.74, 6) is 0.808. The summed E-state index contributed by atoms with van der Waals surface area (Å²) in [5, 5.41) is 3.10. The zero-order valence-electron chi connectivity index (χ0n) is 13.0. The van der Waals surface area contributed by atoms with Gasteiger partial charge in [0, 0.05) is 11.6 Å². The van der Waals surface area contributed by atoms with Crippen LogP contribution in [0.5, 0.6) is 5.75 Å². The number of hydrogen-bond acceptors (Lipinski definition) is 3. The van der Waals surface area contributed by atoms with E-state index >= 15 is 0 Å². The average molecular weight is 290 g/mol. The van der Waals surface area contributed by atoms with E-state index in [1.54, 1.807) is 7.11 Å². The molecule has 2 rings (SSSR count). The van der Waals surface area contributed by atoms with E-state index in [1.165, 1.54) is 6.42 Å². The molecule has 2 unspecified atom stereocenters. The molecule has 1 aliphatic carbocycles. The fraction of sp³-hybridized carbons (Fsp3) is 0.588. The van der Waals surface area contributed by atoms with E-state index in [0.717, 1.165) is 37.0 Å².